The minimum Gasteiger partial charge on any atom is -0.414 e. The quantitative estimate of drug-likeness (QED) is 0.271. The summed E-state index contributed by atoms with van der Waals surface area (Å²) in [4.78, 5) is 0. The predicted octanol–water partition coefficient (Wildman–Crippen LogP) is 7.09. The maximum atomic E-state index is 11.0. The second kappa shape index (κ2) is 10.4. The van der Waals surface area contributed by atoms with Crippen LogP contribution in [0.25, 0.3) is 0 Å². The standard InChI is InChI=1S/C28H36O2SSi/c1-27(2,3)32(4,5)30-21-26(29)22-31-28(23-15-9-6-10-16-23,24-17-11-7-12-18-24)25-19-13-8-14-20-25/h6-20,26,29H,21-22H2,1-5H3. The van der Waals surface area contributed by atoms with Crippen LogP contribution in [-0.2, 0) is 9.17 Å². The van der Waals surface area contributed by atoms with Crippen molar-refractivity contribution in [2.45, 2.75) is 49.8 Å². The van der Waals surface area contributed by atoms with Crippen molar-refractivity contribution >= 4 is 20.1 Å². The van der Waals surface area contributed by atoms with Gasteiger partial charge >= 0.3 is 0 Å². The molecule has 0 aliphatic heterocycles. The first-order valence-electron chi connectivity index (χ1n) is 11.3. The third-order valence-electron chi connectivity index (χ3n) is 6.48. The van der Waals surface area contributed by atoms with Gasteiger partial charge in [0, 0.05) is 5.75 Å². The van der Waals surface area contributed by atoms with Crippen molar-refractivity contribution in [1.82, 2.24) is 0 Å². The van der Waals surface area contributed by atoms with Crippen LogP contribution in [0.15, 0.2) is 91.0 Å². The smallest absolute Gasteiger partial charge is 0.192 e. The molecule has 3 aromatic carbocycles. The van der Waals surface area contributed by atoms with Crippen LogP contribution in [0, 0.1) is 0 Å². The molecule has 3 rings (SSSR count). The molecule has 0 amide bonds. The third kappa shape index (κ3) is 5.55. The Balaban J connectivity index is 1.94. The van der Waals surface area contributed by atoms with Gasteiger partial charge in [0.05, 0.1) is 17.5 Å². The maximum absolute atomic E-state index is 11.0. The lowest BCUT2D eigenvalue weighted by molar-refractivity contribution is 0.118. The molecule has 0 aromatic heterocycles. The molecule has 0 aliphatic carbocycles. The van der Waals surface area contributed by atoms with E-state index in [1.54, 1.807) is 11.8 Å². The molecule has 0 saturated heterocycles. The van der Waals surface area contributed by atoms with E-state index in [2.05, 4.69) is 125 Å². The Hall–Kier alpha value is -1.85. The number of benzene rings is 3. The Labute approximate surface area is 199 Å². The van der Waals surface area contributed by atoms with Gasteiger partial charge in [-0.3, -0.25) is 0 Å². The second-order valence-electron chi connectivity index (χ2n) is 9.82. The number of aliphatic hydroxyl groups excluding tert-OH is 1. The minimum absolute atomic E-state index is 0.127. The van der Waals surface area contributed by atoms with Gasteiger partial charge in [0.2, 0.25) is 0 Å². The van der Waals surface area contributed by atoms with E-state index in [-0.39, 0.29) is 5.04 Å². The van der Waals surface area contributed by atoms with Crippen molar-refractivity contribution in [2.24, 2.45) is 0 Å². The van der Waals surface area contributed by atoms with Gasteiger partial charge in [-0.15, -0.1) is 11.8 Å². The molecule has 0 radical (unpaired) electrons. The first-order chi connectivity index (χ1) is 15.2. The molecule has 1 unspecified atom stereocenters. The van der Waals surface area contributed by atoms with Crippen LogP contribution in [0.3, 0.4) is 0 Å². The van der Waals surface area contributed by atoms with Gasteiger partial charge in [0.15, 0.2) is 8.32 Å². The van der Waals surface area contributed by atoms with Crippen LogP contribution >= 0.6 is 11.8 Å². The Morgan fingerprint density at radius 1 is 0.750 bits per heavy atom. The Morgan fingerprint density at radius 3 is 1.47 bits per heavy atom. The molecule has 0 bridgehead atoms. The molecular weight excluding hydrogens is 428 g/mol. The van der Waals surface area contributed by atoms with Gasteiger partial charge < -0.3 is 9.53 Å². The van der Waals surface area contributed by atoms with Crippen LogP contribution in [0.2, 0.25) is 18.1 Å². The van der Waals surface area contributed by atoms with Crippen LogP contribution < -0.4 is 0 Å². The lowest BCUT2D eigenvalue weighted by atomic mass is 9.84. The lowest BCUT2D eigenvalue weighted by Crippen LogP contribution is -2.43. The van der Waals surface area contributed by atoms with E-state index >= 15 is 0 Å². The van der Waals surface area contributed by atoms with Crippen LogP contribution in [0.1, 0.15) is 37.5 Å². The minimum atomic E-state index is -1.90. The summed E-state index contributed by atoms with van der Waals surface area (Å²) in [5, 5.41) is 11.1. The predicted molar refractivity (Wildman–Crippen MR) is 141 cm³/mol. The molecule has 0 heterocycles. The summed E-state index contributed by atoms with van der Waals surface area (Å²) in [5.74, 6) is 0.577. The number of rotatable bonds is 9. The normalized spacial score (nSPS) is 13.7. The highest BCUT2D eigenvalue weighted by molar-refractivity contribution is 8.00. The number of aliphatic hydroxyl groups is 1. The van der Waals surface area contributed by atoms with Crippen molar-refractivity contribution < 1.29 is 9.53 Å². The van der Waals surface area contributed by atoms with Crippen LogP contribution in [0.4, 0.5) is 0 Å². The zero-order valence-corrected chi connectivity index (χ0v) is 21.7. The molecule has 0 fully saturated rings. The van der Waals surface area contributed by atoms with Crippen molar-refractivity contribution in [3.05, 3.63) is 108 Å². The van der Waals surface area contributed by atoms with Gasteiger partial charge in [0.1, 0.15) is 0 Å². The summed E-state index contributed by atoms with van der Waals surface area (Å²) in [7, 11) is -1.90. The third-order valence-corrected chi connectivity index (χ3v) is 12.7. The fraction of sp³-hybridized carbons (Fsp3) is 0.357. The zero-order chi connectivity index (χ0) is 23.2. The highest BCUT2D eigenvalue weighted by atomic mass is 32.2. The molecule has 2 nitrogen and oxygen atoms in total. The number of hydrogen-bond donors (Lipinski definition) is 1. The van der Waals surface area contributed by atoms with E-state index in [0.717, 1.165) is 0 Å². The summed E-state index contributed by atoms with van der Waals surface area (Å²) in [6.07, 6.45) is -0.537. The molecule has 170 valence electrons. The highest BCUT2D eigenvalue weighted by Gasteiger charge is 2.39. The van der Waals surface area contributed by atoms with Crippen molar-refractivity contribution in [2.75, 3.05) is 12.4 Å². The first-order valence-corrected chi connectivity index (χ1v) is 15.2. The average Bonchev–Trinajstić information content (AvgIpc) is 2.79. The molecular formula is C28H36O2SSi. The van der Waals surface area contributed by atoms with Crippen LogP contribution in [-0.4, -0.2) is 31.9 Å². The molecule has 4 heteroatoms. The summed E-state index contributed by atoms with van der Waals surface area (Å²) < 4.78 is 5.90. The largest absolute Gasteiger partial charge is 0.414 e. The van der Waals surface area contributed by atoms with Gasteiger partial charge in [-0.25, -0.2) is 0 Å². The Kier molecular flexibility index (Phi) is 8.05. The van der Waals surface area contributed by atoms with E-state index in [9.17, 15) is 5.11 Å². The molecule has 1 N–H and O–H groups in total. The molecule has 0 saturated carbocycles. The molecule has 0 aliphatic rings. The lowest BCUT2D eigenvalue weighted by Gasteiger charge is -2.38. The topological polar surface area (TPSA) is 29.5 Å². The highest BCUT2D eigenvalue weighted by Crippen LogP contribution is 2.48. The van der Waals surface area contributed by atoms with E-state index < -0.39 is 19.2 Å². The zero-order valence-electron chi connectivity index (χ0n) is 19.9. The fourth-order valence-electron chi connectivity index (χ4n) is 3.56. The Bertz CT molecular complexity index is 856. The van der Waals surface area contributed by atoms with Gasteiger partial charge in [-0.05, 0) is 34.8 Å². The molecule has 3 aromatic rings. The summed E-state index contributed by atoms with van der Waals surface area (Å²) in [6, 6.07) is 31.8. The first kappa shape index (κ1) is 24.8. The molecule has 32 heavy (non-hydrogen) atoms. The second-order valence-corrected chi connectivity index (χ2v) is 15.9. The fourth-order valence-corrected chi connectivity index (χ4v) is 6.05. The van der Waals surface area contributed by atoms with E-state index in [1.165, 1.54) is 16.7 Å². The Morgan fingerprint density at radius 2 is 1.12 bits per heavy atom. The maximum Gasteiger partial charge on any atom is 0.192 e. The van der Waals surface area contributed by atoms with Crippen molar-refractivity contribution in [3.63, 3.8) is 0 Å². The number of thioether (sulfide) groups is 1. The van der Waals surface area contributed by atoms with E-state index in [0.29, 0.717) is 12.4 Å². The van der Waals surface area contributed by atoms with Gasteiger partial charge in [-0.1, -0.05) is 112 Å². The van der Waals surface area contributed by atoms with Crippen LogP contribution in [0.5, 0.6) is 0 Å². The van der Waals surface area contributed by atoms with Gasteiger partial charge in [0.25, 0.3) is 0 Å². The van der Waals surface area contributed by atoms with Gasteiger partial charge in [-0.2, -0.15) is 0 Å². The monoisotopic (exact) mass is 464 g/mol. The average molecular weight is 465 g/mol. The summed E-state index contributed by atoms with van der Waals surface area (Å²) in [6.45, 7) is 11.5. The summed E-state index contributed by atoms with van der Waals surface area (Å²) >= 11 is 1.78. The van der Waals surface area contributed by atoms with E-state index in [4.69, 9.17) is 4.43 Å². The van der Waals surface area contributed by atoms with Crippen molar-refractivity contribution in [1.29, 1.82) is 0 Å². The van der Waals surface area contributed by atoms with Crippen molar-refractivity contribution in [3.8, 4) is 0 Å². The SMILES string of the molecule is CC(C)(C)[Si](C)(C)OCC(O)CSC(c1ccccc1)(c1ccccc1)c1ccccc1. The summed E-state index contributed by atoms with van der Waals surface area (Å²) in [5.41, 5.74) is 3.62. The molecule has 0 spiro atoms. The molecule has 1 atom stereocenters. The van der Waals surface area contributed by atoms with E-state index in [1.807, 2.05) is 0 Å². The number of hydrogen-bond acceptors (Lipinski definition) is 3.